The molecule has 0 saturated carbocycles. The molecule has 0 radical (unpaired) electrons. The second-order valence-electron chi connectivity index (χ2n) is 7.06. The van der Waals surface area contributed by atoms with E-state index < -0.39 is 14.8 Å². The third-order valence-electron chi connectivity index (χ3n) is 3.95. The molecule has 0 fully saturated rings. The Morgan fingerprint density at radius 3 is 2.44 bits per heavy atom. The van der Waals surface area contributed by atoms with Crippen LogP contribution in [0.1, 0.15) is 40.0 Å². The standard InChI is InChI=1S/C19H28N2O3S/c1-19(2,3)25(22,23)21-13-6-4-5-12-20-17-10-7-9-16(15-17)18-11-8-14-24-18/h7-11,14-15,20-21H,4-6,12-13H2,1-3H3. The minimum absolute atomic E-state index is 0.494. The van der Waals surface area contributed by atoms with Crippen LogP contribution < -0.4 is 10.0 Å². The first kappa shape index (κ1) is 19.5. The van der Waals surface area contributed by atoms with Crippen molar-refractivity contribution in [1.82, 2.24) is 4.72 Å². The maximum Gasteiger partial charge on any atom is 0.216 e. The molecule has 0 bridgehead atoms. The summed E-state index contributed by atoms with van der Waals surface area (Å²) in [5.41, 5.74) is 2.11. The van der Waals surface area contributed by atoms with Crippen LogP contribution in [-0.4, -0.2) is 26.3 Å². The van der Waals surface area contributed by atoms with Crippen molar-refractivity contribution < 1.29 is 12.8 Å². The second-order valence-corrected chi connectivity index (χ2v) is 9.58. The lowest BCUT2D eigenvalue weighted by atomic mass is 10.1. The quantitative estimate of drug-likeness (QED) is 0.653. The zero-order valence-electron chi connectivity index (χ0n) is 15.2. The van der Waals surface area contributed by atoms with E-state index in [2.05, 4.69) is 16.1 Å². The van der Waals surface area contributed by atoms with E-state index in [0.717, 1.165) is 42.8 Å². The number of hydrogen-bond donors (Lipinski definition) is 2. The van der Waals surface area contributed by atoms with Gasteiger partial charge in [0.05, 0.1) is 11.0 Å². The number of benzene rings is 1. The largest absolute Gasteiger partial charge is 0.464 e. The van der Waals surface area contributed by atoms with Gasteiger partial charge in [0.2, 0.25) is 10.0 Å². The number of hydrogen-bond acceptors (Lipinski definition) is 4. The van der Waals surface area contributed by atoms with Gasteiger partial charge in [0.15, 0.2) is 0 Å². The van der Waals surface area contributed by atoms with E-state index in [4.69, 9.17) is 4.42 Å². The van der Waals surface area contributed by atoms with Crippen LogP contribution >= 0.6 is 0 Å². The zero-order chi connectivity index (χ0) is 18.3. The number of unbranched alkanes of at least 4 members (excludes halogenated alkanes) is 2. The molecule has 0 unspecified atom stereocenters. The fourth-order valence-electron chi connectivity index (χ4n) is 2.31. The van der Waals surface area contributed by atoms with Crippen molar-refractivity contribution in [1.29, 1.82) is 0 Å². The van der Waals surface area contributed by atoms with Gasteiger partial charge in [-0.25, -0.2) is 13.1 Å². The average molecular weight is 365 g/mol. The third-order valence-corrected chi connectivity index (χ3v) is 6.15. The molecule has 0 aliphatic rings. The molecule has 2 rings (SSSR count). The van der Waals surface area contributed by atoms with Gasteiger partial charge in [-0.3, -0.25) is 0 Å². The van der Waals surface area contributed by atoms with E-state index in [1.54, 1.807) is 27.0 Å². The van der Waals surface area contributed by atoms with Crippen LogP contribution in [0.2, 0.25) is 0 Å². The van der Waals surface area contributed by atoms with Crippen LogP contribution in [0, 0.1) is 0 Å². The second kappa shape index (κ2) is 8.54. The highest BCUT2D eigenvalue weighted by Crippen LogP contribution is 2.22. The van der Waals surface area contributed by atoms with Crippen molar-refractivity contribution in [2.75, 3.05) is 18.4 Å². The van der Waals surface area contributed by atoms with Gasteiger partial charge in [-0.1, -0.05) is 18.6 Å². The van der Waals surface area contributed by atoms with Gasteiger partial charge in [-0.15, -0.1) is 0 Å². The highest BCUT2D eigenvalue weighted by molar-refractivity contribution is 7.90. The van der Waals surface area contributed by atoms with E-state index in [0.29, 0.717) is 6.54 Å². The fourth-order valence-corrected chi connectivity index (χ4v) is 3.15. The minimum atomic E-state index is -3.23. The summed E-state index contributed by atoms with van der Waals surface area (Å²) >= 11 is 0. The maximum atomic E-state index is 11.9. The van der Waals surface area contributed by atoms with Crippen LogP contribution in [0.15, 0.2) is 47.1 Å². The molecule has 0 aliphatic heterocycles. The Kier molecular flexibility index (Phi) is 6.67. The van der Waals surface area contributed by atoms with Crippen LogP contribution in [0.3, 0.4) is 0 Å². The number of sulfonamides is 1. The van der Waals surface area contributed by atoms with E-state index >= 15 is 0 Å². The summed E-state index contributed by atoms with van der Waals surface area (Å²) in [6, 6.07) is 11.9. The number of rotatable bonds is 9. The smallest absolute Gasteiger partial charge is 0.216 e. The Hall–Kier alpha value is -1.79. The normalized spacial score (nSPS) is 12.3. The van der Waals surface area contributed by atoms with E-state index in [-0.39, 0.29) is 0 Å². The van der Waals surface area contributed by atoms with Crippen molar-refractivity contribution in [2.24, 2.45) is 0 Å². The zero-order valence-corrected chi connectivity index (χ0v) is 16.0. The first-order valence-corrected chi connectivity index (χ1v) is 10.1. The van der Waals surface area contributed by atoms with Crippen molar-refractivity contribution in [3.63, 3.8) is 0 Å². The Balaban J connectivity index is 1.66. The lowest BCUT2D eigenvalue weighted by Crippen LogP contribution is -2.39. The molecular formula is C19H28N2O3S. The first-order chi connectivity index (χ1) is 11.8. The third kappa shape index (κ3) is 5.90. The lowest BCUT2D eigenvalue weighted by Gasteiger charge is -2.19. The van der Waals surface area contributed by atoms with Gasteiger partial charge in [-0.2, -0.15) is 0 Å². The topological polar surface area (TPSA) is 71.3 Å². The number of furan rings is 1. The summed E-state index contributed by atoms with van der Waals surface area (Å²) in [5.74, 6) is 0.856. The number of nitrogens with one attached hydrogen (secondary N) is 2. The summed E-state index contributed by atoms with van der Waals surface area (Å²) in [6.07, 6.45) is 4.46. The van der Waals surface area contributed by atoms with Crippen molar-refractivity contribution in [3.05, 3.63) is 42.7 Å². The summed E-state index contributed by atoms with van der Waals surface area (Å²) in [4.78, 5) is 0. The predicted molar refractivity (Wildman–Crippen MR) is 103 cm³/mol. The predicted octanol–water partition coefficient (Wildman–Crippen LogP) is 4.25. The van der Waals surface area contributed by atoms with Gasteiger partial charge in [0.1, 0.15) is 5.76 Å². The summed E-state index contributed by atoms with van der Waals surface area (Å²) in [7, 11) is -3.23. The molecule has 0 amide bonds. The molecule has 0 spiro atoms. The summed E-state index contributed by atoms with van der Waals surface area (Å²) in [5, 5.41) is 3.40. The molecule has 5 nitrogen and oxygen atoms in total. The fraction of sp³-hybridized carbons (Fsp3) is 0.474. The Morgan fingerprint density at radius 1 is 1.00 bits per heavy atom. The first-order valence-electron chi connectivity index (χ1n) is 8.67. The molecular weight excluding hydrogens is 336 g/mol. The Morgan fingerprint density at radius 2 is 1.76 bits per heavy atom. The molecule has 0 aliphatic carbocycles. The molecule has 0 saturated heterocycles. The van der Waals surface area contributed by atoms with Gasteiger partial charge in [-0.05, 0) is 57.9 Å². The van der Waals surface area contributed by atoms with Gasteiger partial charge in [0, 0.05) is 24.3 Å². The van der Waals surface area contributed by atoms with Gasteiger partial charge < -0.3 is 9.73 Å². The van der Waals surface area contributed by atoms with Crippen LogP contribution in [0.25, 0.3) is 11.3 Å². The van der Waals surface area contributed by atoms with E-state index in [9.17, 15) is 8.42 Å². The molecule has 138 valence electrons. The van der Waals surface area contributed by atoms with Gasteiger partial charge >= 0.3 is 0 Å². The lowest BCUT2D eigenvalue weighted by molar-refractivity contribution is 0.540. The van der Waals surface area contributed by atoms with Crippen LogP contribution in [0.5, 0.6) is 0 Å². The molecule has 0 atom stereocenters. The Bertz CT molecular complexity index is 747. The molecule has 2 aromatic rings. The van der Waals surface area contributed by atoms with Crippen molar-refractivity contribution in [3.8, 4) is 11.3 Å². The minimum Gasteiger partial charge on any atom is -0.464 e. The van der Waals surface area contributed by atoms with E-state index in [1.165, 1.54) is 0 Å². The molecule has 1 heterocycles. The molecule has 6 heteroatoms. The molecule has 1 aromatic carbocycles. The summed E-state index contributed by atoms with van der Waals surface area (Å²) in [6.45, 7) is 6.46. The molecule has 2 N–H and O–H groups in total. The van der Waals surface area contributed by atoms with Crippen molar-refractivity contribution in [2.45, 2.75) is 44.8 Å². The Labute approximate surface area is 150 Å². The SMILES string of the molecule is CC(C)(C)S(=O)(=O)NCCCCCNc1cccc(-c2ccco2)c1. The van der Waals surface area contributed by atoms with E-state index in [1.807, 2.05) is 30.3 Å². The molecule has 25 heavy (non-hydrogen) atoms. The monoisotopic (exact) mass is 364 g/mol. The molecule has 1 aromatic heterocycles. The van der Waals surface area contributed by atoms with Gasteiger partial charge in [0.25, 0.3) is 0 Å². The van der Waals surface area contributed by atoms with Crippen molar-refractivity contribution >= 4 is 15.7 Å². The maximum absolute atomic E-state index is 11.9. The number of anilines is 1. The van der Waals surface area contributed by atoms with Crippen LogP contribution in [0.4, 0.5) is 5.69 Å². The van der Waals surface area contributed by atoms with Crippen LogP contribution in [-0.2, 0) is 10.0 Å². The highest BCUT2D eigenvalue weighted by Gasteiger charge is 2.27. The summed E-state index contributed by atoms with van der Waals surface area (Å²) < 4.78 is 31.2. The highest BCUT2D eigenvalue weighted by atomic mass is 32.2. The average Bonchev–Trinajstić information content (AvgIpc) is 3.07.